The summed E-state index contributed by atoms with van der Waals surface area (Å²) in [4.78, 5) is 2.56. The van der Waals surface area contributed by atoms with Crippen molar-refractivity contribution < 1.29 is 13.5 Å². The molecule has 0 saturated carbocycles. The van der Waals surface area contributed by atoms with Gasteiger partial charge in [-0.2, -0.15) is 4.31 Å². The lowest BCUT2D eigenvalue weighted by atomic mass is 10.1. The van der Waals surface area contributed by atoms with Gasteiger partial charge in [-0.3, -0.25) is 0 Å². The molecule has 1 atom stereocenters. The summed E-state index contributed by atoms with van der Waals surface area (Å²) in [5.74, 6) is 0. The quantitative estimate of drug-likeness (QED) is 0.879. The molecule has 1 aromatic carbocycles. The molecule has 0 aromatic heterocycles. The Balaban J connectivity index is 2.17. The lowest BCUT2D eigenvalue weighted by Crippen LogP contribution is -2.52. The van der Waals surface area contributed by atoms with Crippen LogP contribution in [0.25, 0.3) is 0 Å². The highest BCUT2D eigenvalue weighted by Gasteiger charge is 2.31. The first-order valence-electron chi connectivity index (χ1n) is 7.39. The van der Waals surface area contributed by atoms with E-state index in [1.54, 1.807) is 28.6 Å². The van der Waals surface area contributed by atoms with E-state index in [0.717, 1.165) is 18.5 Å². The fourth-order valence-corrected chi connectivity index (χ4v) is 4.15. The molecule has 1 N–H and O–H groups in total. The molecule has 5 nitrogen and oxygen atoms in total. The minimum Gasteiger partial charge on any atom is -0.396 e. The Kier molecular flexibility index (Phi) is 5.37. The number of aliphatic hydroxyl groups is 1. The highest BCUT2D eigenvalue weighted by atomic mass is 32.2. The molecule has 0 radical (unpaired) electrons. The second kappa shape index (κ2) is 6.87. The van der Waals surface area contributed by atoms with Crippen molar-refractivity contribution in [3.05, 3.63) is 29.8 Å². The molecule has 1 aromatic rings. The second-order valence-corrected chi connectivity index (χ2v) is 7.46. The molecule has 0 spiro atoms. The fourth-order valence-electron chi connectivity index (χ4n) is 2.68. The number of nitrogens with zero attached hydrogens (tertiary/aromatic N) is 2. The van der Waals surface area contributed by atoms with Gasteiger partial charge in [0.05, 0.1) is 4.90 Å². The van der Waals surface area contributed by atoms with Crippen LogP contribution in [0.1, 0.15) is 18.9 Å². The van der Waals surface area contributed by atoms with Crippen molar-refractivity contribution in [1.29, 1.82) is 0 Å². The lowest BCUT2D eigenvalue weighted by Gasteiger charge is -2.38. The molecule has 0 amide bonds. The Hall–Kier alpha value is -0.950. The van der Waals surface area contributed by atoms with Crippen LogP contribution in [0.4, 0.5) is 0 Å². The van der Waals surface area contributed by atoms with Crippen molar-refractivity contribution >= 4 is 10.0 Å². The summed E-state index contributed by atoms with van der Waals surface area (Å²) in [5.41, 5.74) is 0.946. The normalized spacial score (nSPS) is 21.6. The Morgan fingerprint density at radius 2 is 1.90 bits per heavy atom. The smallest absolute Gasteiger partial charge is 0.243 e. The van der Waals surface area contributed by atoms with Crippen LogP contribution < -0.4 is 0 Å². The zero-order valence-electron chi connectivity index (χ0n) is 12.7. The van der Waals surface area contributed by atoms with E-state index in [0.29, 0.717) is 24.4 Å². The van der Waals surface area contributed by atoms with Gasteiger partial charge in [0.15, 0.2) is 0 Å². The molecular weight excluding hydrogens is 288 g/mol. The minimum absolute atomic E-state index is 0.0722. The SMILES string of the molecule is CCC1CN(S(=O)(=O)c2ccc(CCO)cc2)CCN1C. The molecule has 6 heteroatoms. The van der Waals surface area contributed by atoms with Crippen LogP contribution in [0.15, 0.2) is 29.2 Å². The van der Waals surface area contributed by atoms with Crippen molar-refractivity contribution in [2.45, 2.75) is 30.7 Å². The average Bonchev–Trinajstić information content (AvgIpc) is 2.48. The van der Waals surface area contributed by atoms with Gasteiger partial charge >= 0.3 is 0 Å². The van der Waals surface area contributed by atoms with Gasteiger partial charge in [0, 0.05) is 32.3 Å². The molecular formula is C15H24N2O3S. The standard InChI is InChI=1S/C15H24N2O3S/c1-3-14-12-17(10-9-16(14)2)21(19,20)15-6-4-13(5-7-15)8-11-18/h4-7,14,18H,3,8-12H2,1-2H3. The highest BCUT2D eigenvalue weighted by molar-refractivity contribution is 7.89. The zero-order valence-corrected chi connectivity index (χ0v) is 13.5. The van der Waals surface area contributed by atoms with E-state index in [1.807, 2.05) is 7.05 Å². The molecule has 1 heterocycles. The molecule has 0 bridgehead atoms. The summed E-state index contributed by atoms with van der Waals surface area (Å²) in [6.45, 7) is 4.01. The maximum Gasteiger partial charge on any atom is 0.243 e. The minimum atomic E-state index is -3.42. The van der Waals surface area contributed by atoms with Crippen molar-refractivity contribution in [2.24, 2.45) is 0 Å². The Bertz CT molecular complexity index is 557. The summed E-state index contributed by atoms with van der Waals surface area (Å²) in [6.07, 6.45) is 1.49. The molecule has 118 valence electrons. The maximum absolute atomic E-state index is 12.7. The number of benzene rings is 1. The fraction of sp³-hybridized carbons (Fsp3) is 0.600. The molecule has 1 fully saturated rings. The van der Waals surface area contributed by atoms with Crippen molar-refractivity contribution in [2.75, 3.05) is 33.3 Å². The van der Waals surface area contributed by atoms with Gasteiger partial charge in [0.1, 0.15) is 0 Å². The number of likely N-dealkylation sites (N-methyl/N-ethyl adjacent to an activating group) is 1. The van der Waals surface area contributed by atoms with Gasteiger partial charge in [-0.15, -0.1) is 0 Å². The van der Waals surface area contributed by atoms with Gasteiger partial charge < -0.3 is 10.0 Å². The number of piperazine rings is 1. The van der Waals surface area contributed by atoms with Gasteiger partial charge in [0.2, 0.25) is 10.0 Å². The first kappa shape index (κ1) is 16.4. The molecule has 1 aliphatic heterocycles. The number of hydrogen-bond acceptors (Lipinski definition) is 4. The number of aliphatic hydroxyl groups excluding tert-OH is 1. The Morgan fingerprint density at radius 3 is 2.48 bits per heavy atom. The third kappa shape index (κ3) is 3.63. The monoisotopic (exact) mass is 312 g/mol. The topological polar surface area (TPSA) is 60.9 Å². The largest absolute Gasteiger partial charge is 0.396 e. The van der Waals surface area contributed by atoms with Gasteiger partial charge in [-0.1, -0.05) is 19.1 Å². The van der Waals surface area contributed by atoms with E-state index in [9.17, 15) is 8.42 Å². The molecule has 1 saturated heterocycles. The molecule has 2 rings (SSSR count). The van der Waals surface area contributed by atoms with Crippen LogP contribution >= 0.6 is 0 Å². The summed E-state index contributed by atoms with van der Waals surface area (Å²) < 4.78 is 27.0. The van der Waals surface area contributed by atoms with E-state index in [2.05, 4.69) is 11.8 Å². The van der Waals surface area contributed by atoms with Crippen molar-refractivity contribution in [1.82, 2.24) is 9.21 Å². The van der Waals surface area contributed by atoms with Crippen LogP contribution in [0.2, 0.25) is 0 Å². The van der Waals surface area contributed by atoms with E-state index < -0.39 is 10.0 Å². The first-order chi connectivity index (χ1) is 9.98. The van der Waals surface area contributed by atoms with Gasteiger partial charge in [-0.25, -0.2) is 8.42 Å². The summed E-state index contributed by atoms with van der Waals surface area (Å²) in [6, 6.07) is 7.11. The lowest BCUT2D eigenvalue weighted by molar-refractivity contribution is 0.144. The van der Waals surface area contributed by atoms with Gasteiger partial charge in [-0.05, 0) is 37.6 Å². The van der Waals surface area contributed by atoms with Crippen molar-refractivity contribution in [3.8, 4) is 0 Å². The van der Waals surface area contributed by atoms with Crippen LogP contribution in [-0.4, -0.2) is 62.1 Å². The maximum atomic E-state index is 12.7. The summed E-state index contributed by atoms with van der Waals surface area (Å²) >= 11 is 0. The van der Waals surface area contributed by atoms with Crippen LogP contribution in [0, 0.1) is 0 Å². The van der Waals surface area contributed by atoms with E-state index >= 15 is 0 Å². The Morgan fingerprint density at radius 1 is 1.24 bits per heavy atom. The zero-order chi connectivity index (χ0) is 15.5. The molecule has 21 heavy (non-hydrogen) atoms. The number of sulfonamides is 1. The van der Waals surface area contributed by atoms with E-state index in [4.69, 9.17) is 5.11 Å². The number of rotatable bonds is 5. The third-order valence-corrected chi connectivity index (χ3v) is 6.05. The first-order valence-corrected chi connectivity index (χ1v) is 8.83. The average molecular weight is 312 g/mol. The summed E-state index contributed by atoms with van der Waals surface area (Å²) in [7, 11) is -1.37. The second-order valence-electron chi connectivity index (χ2n) is 5.52. The predicted octanol–water partition coefficient (Wildman–Crippen LogP) is 0.936. The van der Waals surface area contributed by atoms with Crippen LogP contribution in [0.3, 0.4) is 0 Å². The van der Waals surface area contributed by atoms with Crippen molar-refractivity contribution in [3.63, 3.8) is 0 Å². The van der Waals surface area contributed by atoms with Gasteiger partial charge in [0.25, 0.3) is 0 Å². The van der Waals surface area contributed by atoms with Crippen LogP contribution in [-0.2, 0) is 16.4 Å². The molecule has 0 aliphatic carbocycles. The van der Waals surface area contributed by atoms with E-state index in [1.165, 1.54) is 0 Å². The summed E-state index contributed by atoms with van der Waals surface area (Å²) in [5, 5.41) is 8.90. The Labute approximate surface area is 127 Å². The predicted molar refractivity (Wildman–Crippen MR) is 82.7 cm³/mol. The van der Waals surface area contributed by atoms with Crippen LogP contribution in [0.5, 0.6) is 0 Å². The molecule has 1 aliphatic rings. The highest BCUT2D eigenvalue weighted by Crippen LogP contribution is 2.21. The third-order valence-electron chi connectivity index (χ3n) is 4.17. The number of hydrogen-bond donors (Lipinski definition) is 1. The molecule has 1 unspecified atom stereocenters. The van der Waals surface area contributed by atoms with E-state index in [-0.39, 0.29) is 12.6 Å².